The van der Waals surface area contributed by atoms with Gasteiger partial charge in [0.15, 0.2) is 24.6 Å². The lowest BCUT2D eigenvalue weighted by Crippen LogP contribution is -3.00. The fraction of sp³-hybridized carbons (Fsp3) is 0.789. The van der Waals surface area contributed by atoms with Crippen LogP contribution in [0.4, 0.5) is 0 Å². The first-order valence-electron chi connectivity index (χ1n) is 9.52. The Bertz CT molecular complexity index is 636. The number of quaternary nitrogens is 1. The Hall–Kier alpha value is -1.76. The Kier molecular flexibility index (Phi) is 12.2. The zero-order valence-corrected chi connectivity index (χ0v) is 20.5. The van der Waals surface area contributed by atoms with Crippen molar-refractivity contribution in [3.05, 3.63) is 0 Å². The van der Waals surface area contributed by atoms with Gasteiger partial charge in [-0.2, -0.15) is 0 Å². The van der Waals surface area contributed by atoms with Crippen molar-refractivity contribution in [3.63, 3.8) is 0 Å². The van der Waals surface area contributed by atoms with Gasteiger partial charge in [0, 0.05) is 27.7 Å². The number of esters is 4. The van der Waals surface area contributed by atoms with Crippen LogP contribution in [0.3, 0.4) is 0 Å². The van der Waals surface area contributed by atoms with Gasteiger partial charge in [-0.15, -0.1) is 0 Å². The fourth-order valence-corrected chi connectivity index (χ4v) is 2.77. The first-order chi connectivity index (χ1) is 13.8. The molecule has 0 unspecified atom stereocenters. The molecule has 12 heteroatoms. The van der Waals surface area contributed by atoms with Gasteiger partial charge in [-0.1, -0.05) is 0 Å². The summed E-state index contributed by atoms with van der Waals surface area (Å²) in [5, 5.41) is 0. The van der Waals surface area contributed by atoms with Crippen LogP contribution in [0, 0.1) is 0 Å². The van der Waals surface area contributed by atoms with Crippen LogP contribution in [0.25, 0.3) is 0 Å². The van der Waals surface area contributed by atoms with E-state index in [1.54, 1.807) is 0 Å². The predicted octanol–water partition coefficient (Wildman–Crippen LogP) is -3.20. The highest BCUT2D eigenvalue weighted by Gasteiger charge is 2.52. The van der Waals surface area contributed by atoms with Crippen molar-refractivity contribution in [2.24, 2.45) is 0 Å². The maximum absolute atomic E-state index is 11.7. The van der Waals surface area contributed by atoms with Gasteiger partial charge in [-0.3, -0.25) is 19.2 Å². The molecule has 0 amide bonds. The molecule has 1 fully saturated rings. The van der Waals surface area contributed by atoms with Crippen molar-refractivity contribution in [1.29, 1.82) is 0 Å². The molecular formula is C19H32BrNO10. The minimum atomic E-state index is -1.22. The first kappa shape index (κ1) is 29.2. The lowest BCUT2D eigenvalue weighted by Gasteiger charge is -2.44. The summed E-state index contributed by atoms with van der Waals surface area (Å²) in [5.41, 5.74) is 0. The summed E-state index contributed by atoms with van der Waals surface area (Å²) < 4.78 is 33.2. The molecule has 31 heavy (non-hydrogen) atoms. The van der Waals surface area contributed by atoms with Crippen molar-refractivity contribution < 1.29 is 69.1 Å². The van der Waals surface area contributed by atoms with Crippen LogP contribution in [0.5, 0.6) is 0 Å². The predicted molar refractivity (Wildman–Crippen MR) is 101 cm³/mol. The Labute approximate surface area is 192 Å². The average Bonchev–Trinajstić information content (AvgIpc) is 2.55. The van der Waals surface area contributed by atoms with E-state index in [1.807, 2.05) is 21.1 Å². The summed E-state index contributed by atoms with van der Waals surface area (Å²) in [6.45, 7) is 5.28. The SMILES string of the molecule is CC(=O)OC[C@H]1O[C@@H](OCC[N+](C)(C)C)[C@H](OC(C)=O)[C@@H](OC(C)=O)[C@@H]1OC(C)=O.[Br-]. The lowest BCUT2D eigenvalue weighted by molar-refractivity contribution is -0.871. The highest BCUT2D eigenvalue weighted by atomic mass is 79.9. The van der Waals surface area contributed by atoms with Crippen molar-refractivity contribution in [2.75, 3.05) is 40.9 Å². The van der Waals surface area contributed by atoms with Gasteiger partial charge in [-0.25, -0.2) is 0 Å². The van der Waals surface area contributed by atoms with Crippen LogP contribution < -0.4 is 17.0 Å². The highest BCUT2D eigenvalue weighted by Crippen LogP contribution is 2.30. The summed E-state index contributed by atoms with van der Waals surface area (Å²) in [7, 11) is 5.91. The van der Waals surface area contributed by atoms with E-state index in [0.29, 0.717) is 11.0 Å². The van der Waals surface area contributed by atoms with Crippen LogP contribution in [-0.2, 0) is 47.6 Å². The Morgan fingerprint density at radius 2 is 1.26 bits per heavy atom. The third-order valence-electron chi connectivity index (χ3n) is 3.99. The molecule has 0 aliphatic carbocycles. The number of carbonyl (C=O) groups excluding carboxylic acids is 4. The van der Waals surface area contributed by atoms with Crippen molar-refractivity contribution in [2.45, 2.75) is 58.4 Å². The number of likely N-dealkylation sites (N-methyl/N-ethyl adjacent to an activating group) is 1. The largest absolute Gasteiger partial charge is 1.00 e. The molecule has 1 aliphatic heterocycles. The van der Waals surface area contributed by atoms with Gasteiger partial charge < -0.3 is 49.9 Å². The van der Waals surface area contributed by atoms with Gasteiger partial charge in [0.1, 0.15) is 19.3 Å². The molecule has 1 rings (SSSR count). The second-order valence-corrected chi connectivity index (χ2v) is 7.95. The normalized spacial score (nSPS) is 25.6. The summed E-state index contributed by atoms with van der Waals surface area (Å²) >= 11 is 0. The molecule has 0 saturated carbocycles. The molecule has 5 atom stereocenters. The van der Waals surface area contributed by atoms with Gasteiger partial charge >= 0.3 is 23.9 Å². The van der Waals surface area contributed by atoms with E-state index in [2.05, 4.69) is 0 Å². The van der Waals surface area contributed by atoms with Gasteiger partial charge in [-0.05, 0) is 0 Å². The highest BCUT2D eigenvalue weighted by molar-refractivity contribution is 5.68. The molecule has 0 aromatic carbocycles. The van der Waals surface area contributed by atoms with Crippen LogP contribution in [-0.4, -0.2) is 100.0 Å². The quantitative estimate of drug-likeness (QED) is 0.177. The van der Waals surface area contributed by atoms with Crippen molar-refractivity contribution >= 4 is 23.9 Å². The molecule has 0 radical (unpaired) electrons. The molecule has 1 heterocycles. The number of halogens is 1. The van der Waals surface area contributed by atoms with Gasteiger partial charge in [0.25, 0.3) is 0 Å². The number of hydrogen-bond acceptors (Lipinski definition) is 10. The molecule has 11 nitrogen and oxygen atoms in total. The molecule has 1 saturated heterocycles. The number of rotatable bonds is 9. The maximum Gasteiger partial charge on any atom is 0.303 e. The molecule has 0 bridgehead atoms. The molecule has 0 aromatic rings. The zero-order valence-electron chi connectivity index (χ0n) is 18.9. The monoisotopic (exact) mass is 513 g/mol. The number of nitrogens with zero attached hydrogens (tertiary/aromatic N) is 1. The standard InChI is InChI=1S/C19H32NO10.BrH/c1-11(21)26-10-15-16(27-12(2)22)17(28-13(3)23)18(29-14(4)24)19(30-15)25-9-8-20(5,6)7;/h15-19H,8-10H2,1-7H3;1H/q+1;/p-1/t15-,16-,17+,18-,19-;/m1./s1. The zero-order chi connectivity index (χ0) is 23.1. The Morgan fingerprint density at radius 1 is 0.774 bits per heavy atom. The summed E-state index contributed by atoms with van der Waals surface area (Å²) in [5.74, 6) is -2.61. The number of carbonyl (C=O) groups is 4. The van der Waals surface area contributed by atoms with E-state index in [1.165, 1.54) is 27.7 Å². The second kappa shape index (κ2) is 12.9. The maximum atomic E-state index is 11.7. The molecule has 0 spiro atoms. The average molecular weight is 514 g/mol. The van der Waals surface area contributed by atoms with Gasteiger partial charge in [0.05, 0.1) is 27.7 Å². The van der Waals surface area contributed by atoms with Crippen molar-refractivity contribution in [1.82, 2.24) is 0 Å². The first-order valence-corrected chi connectivity index (χ1v) is 9.52. The fourth-order valence-electron chi connectivity index (χ4n) is 2.77. The van der Waals surface area contributed by atoms with Crippen LogP contribution in [0.2, 0.25) is 0 Å². The number of hydrogen-bond donors (Lipinski definition) is 0. The third-order valence-corrected chi connectivity index (χ3v) is 3.99. The third kappa shape index (κ3) is 10.9. The Morgan fingerprint density at radius 3 is 1.71 bits per heavy atom. The minimum absolute atomic E-state index is 0. The van der Waals surface area contributed by atoms with E-state index in [0.717, 1.165) is 0 Å². The van der Waals surface area contributed by atoms with E-state index in [4.69, 9.17) is 28.4 Å². The smallest absolute Gasteiger partial charge is 0.303 e. The summed E-state index contributed by atoms with van der Waals surface area (Å²) in [6.07, 6.45) is -5.76. The van der Waals surface area contributed by atoms with Crippen LogP contribution >= 0.6 is 0 Å². The van der Waals surface area contributed by atoms with Crippen molar-refractivity contribution in [3.8, 4) is 0 Å². The molecule has 0 N–H and O–H groups in total. The van der Waals surface area contributed by atoms with E-state index in [9.17, 15) is 19.2 Å². The molecule has 180 valence electrons. The topological polar surface area (TPSA) is 124 Å². The molecule has 1 aliphatic rings. The van der Waals surface area contributed by atoms with E-state index < -0.39 is 54.6 Å². The second-order valence-electron chi connectivity index (χ2n) is 7.95. The minimum Gasteiger partial charge on any atom is -1.00 e. The summed E-state index contributed by atoms with van der Waals surface area (Å²) in [6, 6.07) is 0. The number of ether oxygens (including phenoxy) is 6. The van der Waals surface area contributed by atoms with Gasteiger partial charge in [0.2, 0.25) is 0 Å². The van der Waals surface area contributed by atoms with E-state index in [-0.39, 0.29) is 30.2 Å². The lowest BCUT2D eigenvalue weighted by atomic mass is 9.98. The molecular weight excluding hydrogens is 482 g/mol. The van der Waals surface area contributed by atoms with Crippen LogP contribution in [0.15, 0.2) is 0 Å². The van der Waals surface area contributed by atoms with E-state index >= 15 is 0 Å². The Balaban J connectivity index is 0.00000900. The molecule has 0 aromatic heterocycles. The summed E-state index contributed by atoms with van der Waals surface area (Å²) in [4.78, 5) is 46.3. The van der Waals surface area contributed by atoms with Crippen LogP contribution in [0.1, 0.15) is 27.7 Å².